The summed E-state index contributed by atoms with van der Waals surface area (Å²) in [5.74, 6) is -6.59. The fraction of sp³-hybridized carbons (Fsp3) is 0.733. The highest BCUT2D eigenvalue weighted by atomic mass is 19.3. The molecule has 0 radical (unpaired) electrons. The lowest BCUT2D eigenvalue weighted by molar-refractivity contribution is -0.139. The van der Waals surface area contributed by atoms with E-state index in [1.54, 1.807) is 0 Å². The molecular formula is C60H98F3N11O10. The monoisotopic (exact) mass is 1190 g/mol. The largest absolute Gasteiger partial charge is 0.355 e. The average molecular weight is 1190 g/mol. The van der Waals surface area contributed by atoms with Crippen LogP contribution < -0.4 is 47.9 Å². The summed E-state index contributed by atoms with van der Waals surface area (Å²) in [5, 5.41) is 24.6. The standard InChI is InChI=1S/C60H98F3N11O10/c1-13-14-21-42(49(76)67-45(35-38(4)5)52(79)71-60(10,11)57(84)72-58(6,7)55(82)65-30-29-48(75)64-31-33-73(12)36-47(62)63)69-56(83)59(8,9)70-51(78)44(34-37(2)3)68-50(77)43(28-23-39-19-16-15-17-20-39)66-53(80)46-22-18-32-74(46)54(81)40-24-26-41(61)27-25-40/h24-27,37-39,42-47H,13-23,28-36H2,1-12H3,(H,64,75)(H,65,82)(H,66,80)(H,67,76)(H,68,77)(H,69,83)(H,70,78)(H,71,79)(H,72,84)/t42-,43-,44-,45-,46-/m0/s1. The number of alkyl halides is 2. The first-order chi connectivity index (χ1) is 39.3. The van der Waals surface area contributed by atoms with Crippen molar-refractivity contribution in [2.24, 2.45) is 17.8 Å². The van der Waals surface area contributed by atoms with Gasteiger partial charge in [-0.1, -0.05) is 79.6 Å². The van der Waals surface area contributed by atoms with E-state index in [9.17, 15) is 61.1 Å². The van der Waals surface area contributed by atoms with Crippen molar-refractivity contribution < 1.29 is 61.1 Å². The molecule has 24 heteroatoms. The van der Waals surface area contributed by atoms with E-state index in [1.807, 2.05) is 34.6 Å². The average Bonchev–Trinajstić information content (AvgIpc) is 3.31. The van der Waals surface area contributed by atoms with Gasteiger partial charge >= 0.3 is 0 Å². The van der Waals surface area contributed by atoms with Crippen molar-refractivity contribution in [3.05, 3.63) is 35.6 Å². The molecule has 1 saturated heterocycles. The highest BCUT2D eigenvalue weighted by molar-refractivity contribution is 6.01. The van der Waals surface area contributed by atoms with Crippen LogP contribution in [-0.2, 0) is 43.2 Å². The smallest absolute Gasteiger partial charge is 0.254 e. The second-order valence-electron chi connectivity index (χ2n) is 25.2. The zero-order chi connectivity index (χ0) is 63.1. The van der Waals surface area contributed by atoms with Gasteiger partial charge in [0.25, 0.3) is 12.3 Å². The van der Waals surface area contributed by atoms with Gasteiger partial charge in [0.2, 0.25) is 53.2 Å². The molecule has 3 rings (SSSR count). The lowest BCUT2D eigenvalue weighted by Crippen LogP contribution is -2.65. The molecule has 2 aliphatic rings. The van der Waals surface area contributed by atoms with Crippen LogP contribution in [0.3, 0.4) is 0 Å². The van der Waals surface area contributed by atoms with Crippen molar-refractivity contribution in [2.75, 3.05) is 39.8 Å². The fourth-order valence-electron chi connectivity index (χ4n) is 10.1. The molecule has 0 bridgehead atoms. The van der Waals surface area contributed by atoms with Crippen molar-refractivity contribution >= 4 is 59.1 Å². The zero-order valence-electron chi connectivity index (χ0n) is 51.8. The lowest BCUT2D eigenvalue weighted by Gasteiger charge is -2.33. The summed E-state index contributed by atoms with van der Waals surface area (Å²) in [4.78, 5) is 141. The van der Waals surface area contributed by atoms with Crippen LogP contribution in [0.5, 0.6) is 0 Å². The Hall–Kier alpha value is -6.33. The summed E-state index contributed by atoms with van der Waals surface area (Å²) < 4.78 is 38.9. The molecule has 1 heterocycles. The Morgan fingerprint density at radius 3 is 1.69 bits per heavy atom. The van der Waals surface area contributed by atoms with Gasteiger partial charge in [-0.05, 0) is 136 Å². The first-order valence-electron chi connectivity index (χ1n) is 30.0. The fourth-order valence-corrected chi connectivity index (χ4v) is 10.1. The van der Waals surface area contributed by atoms with E-state index in [4.69, 9.17) is 0 Å². The second kappa shape index (κ2) is 34.0. The maximum Gasteiger partial charge on any atom is 0.254 e. The summed E-state index contributed by atoms with van der Waals surface area (Å²) in [6.07, 6.45) is 6.01. The summed E-state index contributed by atoms with van der Waals surface area (Å²) in [6.45, 7) is 18.0. The van der Waals surface area contributed by atoms with Crippen molar-refractivity contribution in [1.29, 1.82) is 0 Å². The highest BCUT2D eigenvalue weighted by Gasteiger charge is 2.41. The third-order valence-corrected chi connectivity index (χ3v) is 15.2. The van der Waals surface area contributed by atoms with Crippen molar-refractivity contribution in [3.63, 3.8) is 0 Å². The third-order valence-electron chi connectivity index (χ3n) is 15.2. The molecule has 0 spiro atoms. The number of halogens is 3. The molecule has 84 heavy (non-hydrogen) atoms. The van der Waals surface area contributed by atoms with Crippen molar-refractivity contribution in [1.82, 2.24) is 57.7 Å². The van der Waals surface area contributed by atoms with E-state index in [-0.39, 0.29) is 69.1 Å². The molecule has 1 saturated carbocycles. The molecule has 9 N–H and O–H groups in total. The molecule has 1 aliphatic carbocycles. The van der Waals surface area contributed by atoms with Crippen LogP contribution in [-0.4, -0.2) is 162 Å². The van der Waals surface area contributed by atoms with E-state index in [0.29, 0.717) is 44.6 Å². The Morgan fingerprint density at radius 1 is 0.619 bits per heavy atom. The van der Waals surface area contributed by atoms with Gasteiger partial charge in [-0.2, -0.15) is 0 Å². The Labute approximate surface area is 495 Å². The minimum absolute atomic E-state index is 0.0849. The number of hydrogen-bond donors (Lipinski definition) is 9. The van der Waals surface area contributed by atoms with Gasteiger partial charge in [-0.3, -0.25) is 52.8 Å². The number of hydrogen-bond acceptors (Lipinski definition) is 11. The van der Waals surface area contributed by atoms with Crippen LogP contribution in [0.2, 0.25) is 0 Å². The minimum Gasteiger partial charge on any atom is -0.355 e. The van der Waals surface area contributed by atoms with Crippen LogP contribution in [0, 0.1) is 23.6 Å². The molecule has 21 nitrogen and oxygen atoms in total. The Balaban J connectivity index is 1.71. The summed E-state index contributed by atoms with van der Waals surface area (Å²) in [5.41, 5.74) is -4.59. The molecule has 1 aliphatic heterocycles. The topological polar surface area (TPSA) is 285 Å². The van der Waals surface area contributed by atoms with Gasteiger partial charge in [-0.15, -0.1) is 0 Å². The van der Waals surface area contributed by atoms with E-state index < -0.39 is 125 Å². The normalized spacial score (nSPS) is 16.5. The quantitative estimate of drug-likeness (QED) is 0.0463. The number of likely N-dealkylation sites (tertiary alicyclic amines) is 1. The molecule has 2 fully saturated rings. The maximum atomic E-state index is 14.4. The first-order valence-corrected chi connectivity index (χ1v) is 30.0. The molecule has 10 amide bonds. The van der Waals surface area contributed by atoms with Crippen LogP contribution in [0.25, 0.3) is 0 Å². The van der Waals surface area contributed by atoms with Crippen LogP contribution >= 0.6 is 0 Å². The summed E-state index contributed by atoms with van der Waals surface area (Å²) in [6, 6.07) is -0.397. The number of carbonyl (C=O) groups is 10. The van der Waals surface area contributed by atoms with Crippen LogP contribution in [0.4, 0.5) is 13.2 Å². The number of rotatable bonds is 34. The first kappa shape index (κ1) is 71.9. The Bertz CT molecular complexity index is 2380. The predicted octanol–water partition coefficient (Wildman–Crippen LogP) is 4.52. The number of carbonyl (C=O) groups excluding carboxylic acids is 10. The van der Waals surface area contributed by atoms with Crippen LogP contribution in [0.15, 0.2) is 24.3 Å². The lowest BCUT2D eigenvalue weighted by atomic mass is 9.85. The molecule has 5 atom stereocenters. The van der Waals surface area contributed by atoms with E-state index >= 15 is 0 Å². The van der Waals surface area contributed by atoms with Gasteiger partial charge in [0.1, 0.15) is 52.6 Å². The molecule has 1 aromatic rings. The maximum absolute atomic E-state index is 14.4. The number of nitrogens with zero attached hydrogens (tertiary/aromatic N) is 2. The van der Waals surface area contributed by atoms with Crippen molar-refractivity contribution in [3.8, 4) is 0 Å². The van der Waals surface area contributed by atoms with Gasteiger partial charge in [0.05, 0.1) is 6.54 Å². The number of unbranched alkanes of at least 4 members (excludes halogenated alkanes) is 1. The van der Waals surface area contributed by atoms with Gasteiger partial charge in [0.15, 0.2) is 0 Å². The van der Waals surface area contributed by atoms with Gasteiger partial charge in [0, 0.05) is 38.2 Å². The second-order valence-corrected chi connectivity index (χ2v) is 25.2. The molecule has 0 aromatic heterocycles. The number of amides is 10. The predicted molar refractivity (Wildman–Crippen MR) is 313 cm³/mol. The zero-order valence-corrected chi connectivity index (χ0v) is 51.8. The van der Waals surface area contributed by atoms with E-state index in [0.717, 1.165) is 32.1 Å². The van der Waals surface area contributed by atoms with E-state index in [1.165, 1.54) is 82.7 Å². The summed E-state index contributed by atoms with van der Waals surface area (Å²) in [7, 11) is 1.50. The molecular weight excluding hydrogens is 1090 g/mol. The number of likely N-dealkylation sites (N-methyl/N-ethyl adjacent to an activating group) is 1. The SMILES string of the molecule is CCCC[C@H](NC(=O)C(C)(C)NC(=O)[C@H](CC(C)C)NC(=O)[C@H](CCC1CCCCC1)NC(=O)[C@@H]1CCCN1C(=O)c1ccc(F)cc1)C(=O)N[C@@H](CC(C)C)C(=O)NC(C)(C)C(=O)NC(C)(C)C(=O)NCCC(=O)NCCN(C)CC(F)F. The van der Waals surface area contributed by atoms with Crippen molar-refractivity contribution in [2.45, 2.75) is 226 Å². The molecule has 474 valence electrons. The third kappa shape index (κ3) is 24.3. The molecule has 1 aromatic carbocycles. The van der Waals surface area contributed by atoms with Gasteiger partial charge in [-0.25, -0.2) is 13.2 Å². The van der Waals surface area contributed by atoms with Crippen LogP contribution in [0.1, 0.15) is 183 Å². The number of benzene rings is 1. The Morgan fingerprint density at radius 2 is 1.15 bits per heavy atom. The van der Waals surface area contributed by atoms with E-state index in [2.05, 4.69) is 47.9 Å². The summed E-state index contributed by atoms with van der Waals surface area (Å²) >= 11 is 0. The number of nitrogens with one attached hydrogen (secondary N) is 9. The Kier molecular flexibility index (Phi) is 29.1. The minimum atomic E-state index is -2.51. The highest BCUT2D eigenvalue weighted by Crippen LogP contribution is 2.28. The van der Waals surface area contributed by atoms with Gasteiger partial charge < -0.3 is 52.8 Å². The molecule has 0 unspecified atom stereocenters.